The van der Waals surface area contributed by atoms with Gasteiger partial charge in [0.15, 0.2) is 0 Å². The lowest BCUT2D eigenvalue weighted by atomic mass is 10.2. The predicted molar refractivity (Wildman–Crippen MR) is 79.3 cm³/mol. The van der Waals surface area contributed by atoms with Gasteiger partial charge in [-0.2, -0.15) is 11.8 Å². The highest BCUT2D eigenvalue weighted by Gasteiger charge is 2.20. The number of nitrogens with zero attached hydrogens (tertiary/aromatic N) is 2. The molecule has 0 bridgehead atoms. The highest BCUT2D eigenvalue weighted by atomic mass is 32.2. The molecule has 0 aromatic carbocycles. The van der Waals surface area contributed by atoms with Crippen LogP contribution in [0.2, 0.25) is 0 Å². The van der Waals surface area contributed by atoms with Crippen molar-refractivity contribution >= 4 is 17.8 Å². The van der Waals surface area contributed by atoms with Crippen LogP contribution >= 0.6 is 11.8 Å². The molecule has 1 aliphatic rings. The van der Waals surface area contributed by atoms with Crippen molar-refractivity contribution in [2.45, 2.75) is 33.2 Å². The molecule has 2 amide bonds. The Kier molecular flexibility index (Phi) is 7.51. The van der Waals surface area contributed by atoms with Crippen LogP contribution in [0.25, 0.3) is 0 Å². The van der Waals surface area contributed by atoms with Gasteiger partial charge in [-0.15, -0.1) is 0 Å². The molecular formula is C13H27N3OS. The first-order valence-electron chi connectivity index (χ1n) is 7.02. The molecule has 1 atom stereocenters. The summed E-state index contributed by atoms with van der Waals surface area (Å²) in [7, 11) is 0. The van der Waals surface area contributed by atoms with Gasteiger partial charge in [-0.1, -0.05) is 13.8 Å². The number of nitrogens with one attached hydrogen (secondary N) is 1. The van der Waals surface area contributed by atoms with Crippen molar-refractivity contribution in [3.05, 3.63) is 0 Å². The third kappa shape index (κ3) is 5.48. The molecule has 18 heavy (non-hydrogen) atoms. The van der Waals surface area contributed by atoms with E-state index in [0.717, 1.165) is 50.7 Å². The fourth-order valence-corrected chi connectivity index (χ4v) is 2.85. The number of urea groups is 1. The van der Waals surface area contributed by atoms with Gasteiger partial charge in [0.2, 0.25) is 0 Å². The quantitative estimate of drug-likeness (QED) is 0.750. The van der Waals surface area contributed by atoms with Crippen LogP contribution in [0, 0.1) is 0 Å². The summed E-state index contributed by atoms with van der Waals surface area (Å²) in [5.41, 5.74) is 0. The lowest BCUT2D eigenvalue weighted by Gasteiger charge is -2.34. The van der Waals surface area contributed by atoms with Crippen molar-refractivity contribution < 1.29 is 4.79 Å². The molecule has 1 heterocycles. The van der Waals surface area contributed by atoms with E-state index in [1.165, 1.54) is 0 Å². The molecule has 1 saturated heterocycles. The van der Waals surface area contributed by atoms with Gasteiger partial charge >= 0.3 is 6.03 Å². The van der Waals surface area contributed by atoms with E-state index in [1.807, 2.05) is 16.7 Å². The molecule has 5 heteroatoms. The van der Waals surface area contributed by atoms with Crippen molar-refractivity contribution in [3.63, 3.8) is 0 Å². The van der Waals surface area contributed by atoms with Crippen LogP contribution in [-0.2, 0) is 0 Å². The van der Waals surface area contributed by atoms with Gasteiger partial charge in [-0.3, -0.25) is 0 Å². The molecule has 106 valence electrons. The lowest BCUT2D eigenvalue weighted by molar-refractivity contribution is 0.141. The zero-order valence-corrected chi connectivity index (χ0v) is 12.8. The zero-order chi connectivity index (χ0) is 13.4. The molecule has 1 aliphatic heterocycles. The van der Waals surface area contributed by atoms with Gasteiger partial charge < -0.3 is 15.1 Å². The fraction of sp³-hybridized carbons (Fsp3) is 0.923. The normalized spacial score (nSPS) is 18.7. The number of piperazine rings is 1. The van der Waals surface area contributed by atoms with E-state index in [4.69, 9.17) is 0 Å². The van der Waals surface area contributed by atoms with E-state index < -0.39 is 0 Å². The molecule has 1 unspecified atom stereocenters. The molecule has 4 nitrogen and oxygen atoms in total. The minimum Gasteiger partial charge on any atom is -0.336 e. The second-order valence-corrected chi connectivity index (χ2v) is 6.15. The Morgan fingerprint density at radius 1 is 1.28 bits per heavy atom. The van der Waals surface area contributed by atoms with Crippen molar-refractivity contribution in [2.24, 2.45) is 0 Å². The number of amides is 2. The molecule has 0 aliphatic carbocycles. The lowest BCUT2D eigenvalue weighted by Crippen LogP contribution is -2.53. The maximum atomic E-state index is 12.0. The SMILES string of the molecule is CCSCCC(C)NC(=O)N1CCN(CC)CC1. The monoisotopic (exact) mass is 273 g/mol. The highest BCUT2D eigenvalue weighted by molar-refractivity contribution is 7.99. The summed E-state index contributed by atoms with van der Waals surface area (Å²) in [6.45, 7) is 11.2. The van der Waals surface area contributed by atoms with Gasteiger partial charge in [0.25, 0.3) is 0 Å². The number of hydrogen-bond donors (Lipinski definition) is 1. The Morgan fingerprint density at radius 3 is 2.50 bits per heavy atom. The highest BCUT2D eigenvalue weighted by Crippen LogP contribution is 2.05. The summed E-state index contributed by atoms with van der Waals surface area (Å²) in [5, 5.41) is 3.10. The van der Waals surface area contributed by atoms with E-state index >= 15 is 0 Å². The molecule has 0 aromatic heterocycles. The van der Waals surface area contributed by atoms with Crippen LogP contribution in [0.3, 0.4) is 0 Å². The summed E-state index contributed by atoms with van der Waals surface area (Å²) in [5.74, 6) is 2.28. The smallest absolute Gasteiger partial charge is 0.317 e. The van der Waals surface area contributed by atoms with Crippen LogP contribution < -0.4 is 5.32 Å². The topological polar surface area (TPSA) is 35.6 Å². The van der Waals surface area contributed by atoms with Crippen LogP contribution in [0.4, 0.5) is 4.79 Å². The number of thioether (sulfide) groups is 1. The van der Waals surface area contributed by atoms with E-state index in [2.05, 4.69) is 31.0 Å². The third-order valence-electron chi connectivity index (χ3n) is 3.38. The Morgan fingerprint density at radius 2 is 1.94 bits per heavy atom. The van der Waals surface area contributed by atoms with Crippen LogP contribution in [0.15, 0.2) is 0 Å². The zero-order valence-electron chi connectivity index (χ0n) is 11.9. The fourth-order valence-electron chi connectivity index (χ4n) is 2.05. The number of carbonyl (C=O) groups excluding carboxylic acids is 1. The first-order chi connectivity index (χ1) is 8.67. The summed E-state index contributed by atoms with van der Waals surface area (Å²) in [4.78, 5) is 16.3. The average molecular weight is 273 g/mol. The Labute approximate surface area is 115 Å². The van der Waals surface area contributed by atoms with E-state index in [1.54, 1.807) is 0 Å². The molecule has 0 saturated carbocycles. The number of rotatable bonds is 6. The van der Waals surface area contributed by atoms with Gasteiger partial charge in [-0.25, -0.2) is 4.79 Å². The first-order valence-corrected chi connectivity index (χ1v) is 8.18. The average Bonchev–Trinajstić information content (AvgIpc) is 2.39. The van der Waals surface area contributed by atoms with Crippen LogP contribution in [0.1, 0.15) is 27.2 Å². The van der Waals surface area contributed by atoms with Crippen molar-refractivity contribution in [1.29, 1.82) is 0 Å². The number of carbonyl (C=O) groups is 1. The van der Waals surface area contributed by atoms with Crippen molar-refractivity contribution in [2.75, 3.05) is 44.2 Å². The number of hydrogen-bond acceptors (Lipinski definition) is 3. The second kappa shape index (κ2) is 8.64. The minimum atomic E-state index is 0.111. The van der Waals surface area contributed by atoms with Crippen LogP contribution in [0.5, 0.6) is 0 Å². The van der Waals surface area contributed by atoms with E-state index in [-0.39, 0.29) is 12.1 Å². The molecule has 1 fully saturated rings. The summed E-state index contributed by atoms with van der Waals surface area (Å²) in [6, 6.07) is 0.389. The summed E-state index contributed by atoms with van der Waals surface area (Å²) >= 11 is 1.93. The summed E-state index contributed by atoms with van der Waals surface area (Å²) < 4.78 is 0. The molecular weight excluding hydrogens is 246 g/mol. The van der Waals surface area contributed by atoms with Gasteiger partial charge in [0.05, 0.1) is 0 Å². The molecule has 1 N–H and O–H groups in total. The van der Waals surface area contributed by atoms with Gasteiger partial charge in [0, 0.05) is 32.2 Å². The second-order valence-electron chi connectivity index (χ2n) is 4.76. The molecule has 0 aromatic rings. The Bertz CT molecular complexity index is 242. The van der Waals surface area contributed by atoms with E-state index in [9.17, 15) is 4.79 Å². The maximum Gasteiger partial charge on any atom is 0.317 e. The molecule has 1 rings (SSSR count). The van der Waals surface area contributed by atoms with E-state index in [0.29, 0.717) is 0 Å². The minimum absolute atomic E-state index is 0.111. The van der Waals surface area contributed by atoms with Crippen molar-refractivity contribution in [3.8, 4) is 0 Å². The van der Waals surface area contributed by atoms with Gasteiger partial charge in [0.1, 0.15) is 0 Å². The maximum absolute atomic E-state index is 12.0. The van der Waals surface area contributed by atoms with Gasteiger partial charge in [-0.05, 0) is 31.4 Å². The van der Waals surface area contributed by atoms with Crippen molar-refractivity contribution in [1.82, 2.24) is 15.1 Å². The predicted octanol–water partition coefficient (Wildman–Crippen LogP) is 1.87. The Hall–Kier alpha value is -0.420. The molecule has 0 radical (unpaired) electrons. The summed E-state index contributed by atoms with van der Waals surface area (Å²) in [6.07, 6.45) is 1.05. The number of likely N-dealkylation sites (N-methyl/N-ethyl adjacent to an activating group) is 1. The van der Waals surface area contributed by atoms with Crippen LogP contribution in [-0.4, -0.2) is 66.1 Å². The largest absolute Gasteiger partial charge is 0.336 e. The molecule has 0 spiro atoms. The third-order valence-corrected chi connectivity index (χ3v) is 4.31. The standard InChI is InChI=1S/C13H27N3OS/c1-4-15-7-9-16(10-8-15)13(17)14-12(3)6-11-18-5-2/h12H,4-11H2,1-3H3,(H,14,17). The Balaban J connectivity index is 2.20. The first kappa shape index (κ1) is 15.6.